The molecule has 2 aromatic rings. The second-order valence-corrected chi connectivity index (χ2v) is 5.69. The van der Waals surface area contributed by atoms with E-state index in [4.69, 9.17) is 11.6 Å². The zero-order valence-electron chi connectivity index (χ0n) is 12.6. The van der Waals surface area contributed by atoms with Gasteiger partial charge in [0.15, 0.2) is 5.82 Å². The Morgan fingerprint density at radius 1 is 1.09 bits per heavy atom. The number of carbonyl (C=O) groups excluding carboxylic acids is 1. The number of benzene rings is 1. The quantitative estimate of drug-likeness (QED) is 0.857. The average Bonchev–Trinajstić information content (AvgIpc) is 2.51. The molecule has 0 spiro atoms. The maximum Gasteiger partial charge on any atom is 0.228 e. The van der Waals surface area contributed by atoms with E-state index in [0.717, 1.165) is 18.0 Å². The van der Waals surface area contributed by atoms with Gasteiger partial charge in [0.25, 0.3) is 0 Å². The van der Waals surface area contributed by atoms with E-state index in [1.54, 1.807) is 12.1 Å². The van der Waals surface area contributed by atoms with Crippen LogP contribution < -0.4 is 10.6 Å². The molecule has 6 heteroatoms. The van der Waals surface area contributed by atoms with Gasteiger partial charge in [-0.1, -0.05) is 37.6 Å². The molecule has 0 unspecified atom stereocenters. The third kappa shape index (κ3) is 5.00. The SMILES string of the molecule is CC(C)C(=O)Nc1ccc(NCCc2ccc(Cl)cc2)nn1. The third-order valence-electron chi connectivity index (χ3n) is 3.07. The summed E-state index contributed by atoms with van der Waals surface area (Å²) in [6.45, 7) is 4.40. The normalized spacial score (nSPS) is 10.5. The minimum Gasteiger partial charge on any atom is -0.368 e. The third-order valence-corrected chi connectivity index (χ3v) is 3.33. The minimum absolute atomic E-state index is 0.0715. The van der Waals surface area contributed by atoms with Crippen molar-refractivity contribution in [2.24, 2.45) is 5.92 Å². The molecule has 1 amide bonds. The molecular formula is C16H19ClN4O. The largest absolute Gasteiger partial charge is 0.368 e. The highest BCUT2D eigenvalue weighted by molar-refractivity contribution is 6.30. The monoisotopic (exact) mass is 318 g/mol. The summed E-state index contributed by atoms with van der Waals surface area (Å²) in [7, 11) is 0. The summed E-state index contributed by atoms with van der Waals surface area (Å²) in [4.78, 5) is 11.5. The number of rotatable bonds is 6. The summed E-state index contributed by atoms with van der Waals surface area (Å²) < 4.78 is 0. The van der Waals surface area contributed by atoms with Gasteiger partial charge < -0.3 is 10.6 Å². The highest BCUT2D eigenvalue weighted by Gasteiger charge is 2.07. The van der Waals surface area contributed by atoms with Crippen molar-refractivity contribution in [3.05, 3.63) is 47.0 Å². The van der Waals surface area contributed by atoms with Crippen molar-refractivity contribution in [1.82, 2.24) is 10.2 Å². The van der Waals surface area contributed by atoms with Crippen LogP contribution in [0.4, 0.5) is 11.6 Å². The van der Waals surface area contributed by atoms with Crippen molar-refractivity contribution in [3.63, 3.8) is 0 Å². The summed E-state index contributed by atoms with van der Waals surface area (Å²) in [5, 5.41) is 14.6. The molecule has 1 aromatic heterocycles. The van der Waals surface area contributed by atoms with Crippen LogP contribution in [0.25, 0.3) is 0 Å². The second kappa shape index (κ2) is 7.75. The molecule has 0 saturated heterocycles. The lowest BCUT2D eigenvalue weighted by Crippen LogP contribution is -2.19. The predicted molar refractivity (Wildman–Crippen MR) is 89.1 cm³/mol. The van der Waals surface area contributed by atoms with Crippen LogP contribution in [0.15, 0.2) is 36.4 Å². The lowest BCUT2D eigenvalue weighted by atomic mass is 10.1. The maximum absolute atomic E-state index is 11.5. The molecule has 2 N–H and O–H groups in total. The maximum atomic E-state index is 11.5. The molecule has 5 nitrogen and oxygen atoms in total. The first-order chi connectivity index (χ1) is 10.5. The summed E-state index contributed by atoms with van der Waals surface area (Å²) >= 11 is 5.85. The van der Waals surface area contributed by atoms with E-state index in [1.807, 2.05) is 38.1 Å². The number of aromatic nitrogens is 2. The van der Waals surface area contributed by atoms with Crippen molar-refractivity contribution in [2.45, 2.75) is 20.3 Å². The van der Waals surface area contributed by atoms with Crippen LogP contribution in [0.2, 0.25) is 5.02 Å². The molecule has 0 bridgehead atoms. The van der Waals surface area contributed by atoms with E-state index < -0.39 is 0 Å². The van der Waals surface area contributed by atoms with Crippen molar-refractivity contribution < 1.29 is 4.79 Å². The van der Waals surface area contributed by atoms with Crippen LogP contribution in [0.3, 0.4) is 0 Å². The van der Waals surface area contributed by atoms with E-state index in [-0.39, 0.29) is 11.8 Å². The molecule has 1 aromatic carbocycles. The van der Waals surface area contributed by atoms with Gasteiger partial charge in [-0.3, -0.25) is 4.79 Å². The molecule has 116 valence electrons. The Kier molecular flexibility index (Phi) is 5.72. The molecule has 22 heavy (non-hydrogen) atoms. The molecule has 0 fully saturated rings. The Morgan fingerprint density at radius 3 is 2.32 bits per heavy atom. The number of amides is 1. The van der Waals surface area contributed by atoms with Crippen LogP contribution in [0.5, 0.6) is 0 Å². The zero-order chi connectivity index (χ0) is 15.9. The van der Waals surface area contributed by atoms with E-state index in [1.165, 1.54) is 5.56 Å². The lowest BCUT2D eigenvalue weighted by Gasteiger charge is -2.08. The van der Waals surface area contributed by atoms with E-state index in [2.05, 4.69) is 20.8 Å². The van der Waals surface area contributed by atoms with Crippen LogP contribution in [0.1, 0.15) is 19.4 Å². The molecule has 0 saturated carbocycles. The average molecular weight is 319 g/mol. The molecule has 2 rings (SSSR count). The zero-order valence-corrected chi connectivity index (χ0v) is 13.4. The van der Waals surface area contributed by atoms with Gasteiger partial charge in [0, 0.05) is 17.5 Å². The summed E-state index contributed by atoms with van der Waals surface area (Å²) in [6, 6.07) is 11.3. The minimum atomic E-state index is -0.0843. The van der Waals surface area contributed by atoms with Gasteiger partial charge in [-0.25, -0.2) is 0 Å². The summed E-state index contributed by atoms with van der Waals surface area (Å²) in [6.07, 6.45) is 0.866. The molecule has 0 atom stereocenters. The number of anilines is 2. The first kappa shape index (κ1) is 16.2. The molecule has 0 aliphatic rings. The van der Waals surface area contributed by atoms with Crippen molar-refractivity contribution in [2.75, 3.05) is 17.2 Å². The fraction of sp³-hybridized carbons (Fsp3) is 0.312. The molecular weight excluding hydrogens is 300 g/mol. The molecule has 0 radical (unpaired) electrons. The lowest BCUT2D eigenvalue weighted by molar-refractivity contribution is -0.118. The summed E-state index contributed by atoms with van der Waals surface area (Å²) in [5.41, 5.74) is 1.20. The highest BCUT2D eigenvalue weighted by atomic mass is 35.5. The Hall–Kier alpha value is -2.14. The fourth-order valence-electron chi connectivity index (χ4n) is 1.75. The van der Waals surface area contributed by atoms with Gasteiger partial charge in [-0.15, -0.1) is 10.2 Å². The predicted octanol–water partition coefficient (Wildman–Crippen LogP) is 3.38. The fourth-order valence-corrected chi connectivity index (χ4v) is 1.88. The molecule has 0 aliphatic carbocycles. The van der Waals surface area contributed by atoms with Crippen molar-refractivity contribution in [1.29, 1.82) is 0 Å². The van der Waals surface area contributed by atoms with Crippen LogP contribution in [0, 0.1) is 5.92 Å². The number of halogens is 1. The van der Waals surface area contributed by atoms with Crippen molar-refractivity contribution >= 4 is 29.1 Å². The van der Waals surface area contributed by atoms with Gasteiger partial charge in [-0.2, -0.15) is 0 Å². The number of nitrogens with one attached hydrogen (secondary N) is 2. The smallest absolute Gasteiger partial charge is 0.228 e. The van der Waals surface area contributed by atoms with Crippen LogP contribution >= 0.6 is 11.6 Å². The van der Waals surface area contributed by atoms with Gasteiger partial charge in [-0.05, 0) is 36.2 Å². The van der Waals surface area contributed by atoms with Gasteiger partial charge in [0.05, 0.1) is 0 Å². The number of carbonyl (C=O) groups is 1. The van der Waals surface area contributed by atoms with E-state index in [0.29, 0.717) is 11.6 Å². The van der Waals surface area contributed by atoms with Gasteiger partial charge in [0.1, 0.15) is 5.82 Å². The van der Waals surface area contributed by atoms with Gasteiger partial charge >= 0.3 is 0 Å². The molecule has 1 heterocycles. The first-order valence-corrected chi connectivity index (χ1v) is 7.55. The van der Waals surface area contributed by atoms with Gasteiger partial charge in [0.2, 0.25) is 5.91 Å². The number of hydrogen-bond donors (Lipinski definition) is 2. The second-order valence-electron chi connectivity index (χ2n) is 5.25. The Morgan fingerprint density at radius 2 is 1.73 bits per heavy atom. The molecule has 0 aliphatic heterocycles. The number of nitrogens with zero attached hydrogens (tertiary/aromatic N) is 2. The van der Waals surface area contributed by atoms with Crippen LogP contribution in [-0.2, 0) is 11.2 Å². The number of hydrogen-bond acceptors (Lipinski definition) is 4. The first-order valence-electron chi connectivity index (χ1n) is 7.17. The van der Waals surface area contributed by atoms with E-state index >= 15 is 0 Å². The van der Waals surface area contributed by atoms with E-state index in [9.17, 15) is 4.79 Å². The standard InChI is InChI=1S/C16H19ClN4O/c1-11(2)16(22)19-15-8-7-14(20-21-15)18-10-9-12-3-5-13(17)6-4-12/h3-8,11H,9-10H2,1-2H3,(H,18,20)(H,19,21,22). The Balaban J connectivity index is 1.81. The van der Waals surface area contributed by atoms with Crippen LogP contribution in [-0.4, -0.2) is 22.6 Å². The van der Waals surface area contributed by atoms with Crippen molar-refractivity contribution in [3.8, 4) is 0 Å². The Labute approximate surface area is 135 Å². The summed E-state index contributed by atoms with van der Waals surface area (Å²) in [5.74, 6) is 0.982. The Bertz CT molecular complexity index is 611. The topological polar surface area (TPSA) is 66.9 Å². The highest BCUT2D eigenvalue weighted by Crippen LogP contribution is 2.11.